The molecule has 2 aromatic carbocycles. The van der Waals surface area contributed by atoms with Gasteiger partial charge in [0.15, 0.2) is 0 Å². The summed E-state index contributed by atoms with van der Waals surface area (Å²) < 4.78 is 1.20. The first-order valence-electron chi connectivity index (χ1n) is 10.4. The van der Waals surface area contributed by atoms with E-state index in [-0.39, 0.29) is 11.8 Å². The van der Waals surface area contributed by atoms with Crippen molar-refractivity contribution in [3.05, 3.63) is 62.7 Å². The summed E-state index contributed by atoms with van der Waals surface area (Å²) >= 11 is 8.28. The first-order chi connectivity index (χ1) is 14.4. The Morgan fingerprint density at radius 2 is 1.87 bits per heavy atom. The van der Waals surface area contributed by atoms with E-state index < -0.39 is 0 Å². The Labute approximate surface area is 198 Å². The van der Waals surface area contributed by atoms with Crippen molar-refractivity contribution in [2.24, 2.45) is 22.7 Å². The van der Waals surface area contributed by atoms with Crippen molar-refractivity contribution in [3.8, 4) is 0 Å². The molecule has 1 unspecified atom stereocenters. The van der Waals surface area contributed by atoms with Gasteiger partial charge in [-0.05, 0) is 122 Å². The summed E-state index contributed by atoms with van der Waals surface area (Å²) in [5.74, 6) is 0.970. The van der Waals surface area contributed by atoms with E-state index in [2.05, 4.69) is 64.8 Å². The molecule has 0 aliphatic heterocycles. The van der Waals surface area contributed by atoms with E-state index >= 15 is 0 Å². The molecule has 0 spiro atoms. The summed E-state index contributed by atoms with van der Waals surface area (Å²) in [5.41, 5.74) is 4.29. The SMILES string of the molecule is C=Nc1ccc(I)cc1/C(=C\C)C1CCC(C(C)C(=O)Nc2ccc(Cl)cc2)CC1. The third kappa shape index (κ3) is 5.52. The van der Waals surface area contributed by atoms with Gasteiger partial charge in [-0.3, -0.25) is 9.79 Å². The van der Waals surface area contributed by atoms with Gasteiger partial charge in [0.05, 0.1) is 5.69 Å². The molecule has 1 N–H and O–H groups in total. The molecule has 0 aromatic heterocycles. The van der Waals surface area contributed by atoms with Crippen molar-refractivity contribution in [3.63, 3.8) is 0 Å². The predicted octanol–water partition coefficient (Wildman–Crippen LogP) is 7.76. The lowest BCUT2D eigenvalue weighted by Crippen LogP contribution is -2.30. The van der Waals surface area contributed by atoms with E-state index in [9.17, 15) is 4.79 Å². The number of halogens is 2. The van der Waals surface area contributed by atoms with Crippen molar-refractivity contribution in [1.29, 1.82) is 0 Å². The Bertz CT molecular complexity index is 931. The number of rotatable bonds is 6. The number of amides is 1. The molecule has 1 aliphatic carbocycles. The Balaban J connectivity index is 1.63. The maximum Gasteiger partial charge on any atom is 0.227 e. The second-order valence-electron chi connectivity index (χ2n) is 7.96. The van der Waals surface area contributed by atoms with Gasteiger partial charge in [-0.2, -0.15) is 0 Å². The number of hydrogen-bond donors (Lipinski definition) is 1. The topological polar surface area (TPSA) is 41.5 Å². The van der Waals surface area contributed by atoms with E-state index in [0.717, 1.165) is 37.1 Å². The van der Waals surface area contributed by atoms with E-state index in [1.54, 1.807) is 12.1 Å². The molecule has 1 atom stereocenters. The molecule has 1 saturated carbocycles. The zero-order chi connectivity index (χ0) is 21.7. The Morgan fingerprint density at radius 3 is 2.47 bits per heavy atom. The second kappa shape index (κ2) is 10.6. The first-order valence-corrected chi connectivity index (χ1v) is 11.9. The predicted molar refractivity (Wildman–Crippen MR) is 137 cm³/mol. The summed E-state index contributed by atoms with van der Waals surface area (Å²) in [4.78, 5) is 17.0. The standard InChI is InChI=1S/C25H28ClIN2O/c1-4-22(23-15-20(27)11-14-24(23)28-3)18-7-5-17(6-8-18)16(2)25(30)29-21-12-9-19(26)10-13-21/h4,9-18H,3,5-8H2,1-2H3,(H,29,30)/b22-4-. The minimum absolute atomic E-state index is 0.0150. The Morgan fingerprint density at radius 1 is 1.20 bits per heavy atom. The molecular weight excluding hydrogens is 507 g/mol. The van der Waals surface area contributed by atoms with Crippen molar-refractivity contribution in [2.45, 2.75) is 39.5 Å². The van der Waals surface area contributed by atoms with Crippen molar-refractivity contribution < 1.29 is 4.79 Å². The van der Waals surface area contributed by atoms with Crippen LogP contribution in [0.25, 0.3) is 5.57 Å². The zero-order valence-corrected chi connectivity index (χ0v) is 20.4. The first kappa shape index (κ1) is 23.0. The number of aliphatic imine (C=N–C) groups is 1. The molecule has 3 rings (SSSR count). The number of nitrogens with zero attached hydrogens (tertiary/aromatic N) is 1. The average molecular weight is 535 g/mol. The van der Waals surface area contributed by atoms with E-state index in [0.29, 0.717) is 16.9 Å². The van der Waals surface area contributed by atoms with Gasteiger partial charge in [-0.1, -0.05) is 24.6 Å². The second-order valence-corrected chi connectivity index (χ2v) is 9.64. The van der Waals surface area contributed by atoms with Crippen LogP contribution in [0.5, 0.6) is 0 Å². The van der Waals surface area contributed by atoms with Gasteiger partial charge < -0.3 is 5.32 Å². The Kier molecular flexibility index (Phi) is 8.12. The molecule has 0 bridgehead atoms. The van der Waals surface area contributed by atoms with Crippen LogP contribution in [0.1, 0.15) is 45.1 Å². The number of benzene rings is 2. The fourth-order valence-corrected chi connectivity index (χ4v) is 5.04. The van der Waals surface area contributed by atoms with Gasteiger partial charge in [0.25, 0.3) is 0 Å². The third-order valence-corrected chi connectivity index (χ3v) is 7.12. The van der Waals surface area contributed by atoms with Crippen LogP contribution in [0.2, 0.25) is 5.02 Å². The molecule has 2 aromatic rings. The minimum Gasteiger partial charge on any atom is -0.326 e. The zero-order valence-electron chi connectivity index (χ0n) is 17.5. The maximum atomic E-state index is 12.7. The maximum absolute atomic E-state index is 12.7. The molecule has 1 fully saturated rings. The van der Waals surface area contributed by atoms with Crippen molar-refractivity contribution in [1.82, 2.24) is 0 Å². The molecule has 3 nitrogen and oxygen atoms in total. The smallest absolute Gasteiger partial charge is 0.227 e. The number of hydrogen-bond acceptors (Lipinski definition) is 2. The largest absolute Gasteiger partial charge is 0.326 e. The van der Waals surface area contributed by atoms with Crippen molar-refractivity contribution in [2.75, 3.05) is 5.32 Å². The van der Waals surface area contributed by atoms with Gasteiger partial charge in [-0.25, -0.2) is 0 Å². The molecule has 30 heavy (non-hydrogen) atoms. The molecule has 0 heterocycles. The quantitative estimate of drug-likeness (QED) is 0.299. The summed E-state index contributed by atoms with van der Waals surface area (Å²) in [6, 6.07) is 13.6. The van der Waals surface area contributed by atoms with Gasteiger partial charge in [-0.15, -0.1) is 0 Å². The summed E-state index contributed by atoms with van der Waals surface area (Å²) in [6.45, 7) is 7.90. The van der Waals surface area contributed by atoms with Crippen LogP contribution in [-0.2, 0) is 4.79 Å². The van der Waals surface area contributed by atoms with E-state index in [1.165, 1.54) is 14.7 Å². The van der Waals surface area contributed by atoms with Crippen LogP contribution >= 0.6 is 34.2 Å². The van der Waals surface area contributed by atoms with Crippen LogP contribution < -0.4 is 5.32 Å². The summed E-state index contributed by atoms with van der Waals surface area (Å²) in [5, 5.41) is 3.70. The average Bonchev–Trinajstić information content (AvgIpc) is 2.76. The number of carbonyl (C=O) groups is 1. The highest BCUT2D eigenvalue weighted by Gasteiger charge is 2.31. The third-order valence-electron chi connectivity index (χ3n) is 6.20. The van der Waals surface area contributed by atoms with Crippen molar-refractivity contribution >= 4 is 63.8 Å². The molecule has 0 saturated heterocycles. The monoisotopic (exact) mass is 534 g/mol. The number of nitrogens with one attached hydrogen (secondary N) is 1. The normalized spacial score (nSPS) is 20.5. The minimum atomic E-state index is -0.0150. The van der Waals surface area contributed by atoms with Crippen LogP contribution in [-0.4, -0.2) is 12.6 Å². The molecule has 158 valence electrons. The number of anilines is 1. The number of carbonyl (C=O) groups excluding carboxylic acids is 1. The fraction of sp³-hybridized carbons (Fsp3) is 0.360. The highest BCUT2D eigenvalue weighted by atomic mass is 127. The summed E-state index contributed by atoms with van der Waals surface area (Å²) in [6.07, 6.45) is 6.51. The lowest BCUT2D eigenvalue weighted by molar-refractivity contribution is -0.121. The molecule has 1 aliphatic rings. The summed E-state index contributed by atoms with van der Waals surface area (Å²) in [7, 11) is 0. The van der Waals surface area contributed by atoms with Crippen LogP contribution in [0.3, 0.4) is 0 Å². The van der Waals surface area contributed by atoms with Gasteiger partial charge in [0, 0.05) is 25.8 Å². The van der Waals surface area contributed by atoms with Gasteiger partial charge in [0.1, 0.15) is 0 Å². The lowest BCUT2D eigenvalue weighted by atomic mass is 9.72. The lowest BCUT2D eigenvalue weighted by Gasteiger charge is -2.33. The van der Waals surface area contributed by atoms with E-state index in [4.69, 9.17) is 11.6 Å². The molecule has 5 heteroatoms. The van der Waals surface area contributed by atoms with Crippen LogP contribution in [0.15, 0.2) is 53.5 Å². The van der Waals surface area contributed by atoms with Gasteiger partial charge >= 0.3 is 0 Å². The molecule has 0 radical (unpaired) electrons. The molecule has 1 amide bonds. The number of allylic oxidation sites excluding steroid dienone is 2. The van der Waals surface area contributed by atoms with Gasteiger partial charge in [0.2, 0.25) is 5.91 Å². The Hall–Kier alpha value is -1.66. The van der Waals surface area contributed by atoms with E-state index in [1.807, 2.05) is 25.1 Å². The van der Waals surface area contributed by atoms with Crippen LogP contribution in [0.4, 0.5) is 11.4 Å². The van der Waals surface area contributed by atoms with Crippen LogP contribution in [0, 0.1) is 21.3 Å². The molecular formula is C25H28ClIN2O. The highest BCUT2D eigenvalue weighted by molar-refractivity contribution is 14.1. The fourth-order valence-electron chi connectivity index (χ4n) is 4.42. The highest BCUT2D eigenvalue weighted by Crippen LogP contribution is 2.42.